The summed E-state index contributed by atoms with van der Waals surface area (Å²) in [5, 5.41) is 2.65. The van der Waals surface area contributed by atoms with Gasteiger partial charge in [0.05, 0.1) is 0 Å². The predicted octanol–water partition coefficient (Wildman–Crippen LogP) is 9.11. The van der Waals surface area contributed by atoms with E-state index < -0.39 is 0 Å². The van der Waals surface area contributed by atoms with Crippen molar-refractivity contribution in [1.29, 1.82) is 0 Å². The molecule has 1 heteroatoms. The summed E-state index contributed by atoms with van der Waals surface area (Å²) in [6.07, 6.45) is 14.2. The first-order valence-corrected chi connectivity index (χ1v) is 16.7. The van der Waals surface area contributed by atoms with Gasteiger partial charge in [-0.1, -0.05) is 107 Å². The van der Waals surface area contributed by atoms with Gasteiger partial charge in [0.25, 0.3) is 0 Å². The van der Waals surface area contributed by atoms with Crippen LogP contribution in [0.25, 0.3) is 11.6 Å². The van der Waals surface area contributed by atoms with E-state index in [0.29, 0.717) is 0 Å². The van der Waals surface area contributed by atoms with Crippen LogP contribution >= 0.6 is 0 Å². The summed E-state index contributed by atoms with van der Waals surface area (Å²) in [6.45, 7) is 21.1. The van der Waals surface area contributed by atoms with Gasteiger partial charge in [0, 0.05) is 0 Å². The maximum absolute atomic E-state index is 3.89. The third-order valence-corrected chi connectivity index (χ3v) is 11.0. The van der Waals surface area contributed by atoms with Gasteiger partial charge in [-0.25, -0.2) is 0 Å². The average molecular weight is 641 g/mol. The van der Waals surface area contributed by atoms with Crippen molar-refractivity contribution >= 4 is 14.9 Å². The molecule has 1 atom stereocenters. The van der Waals surface area contributed by atoms with Crippen molar-refractivity contribution in [3.8, 4) is 0 Å². The maximum atomic E-state index is 3.89. The minimum absolute atomic E-state index is 0.0144. The molecule has 3 aromatic carbocycles. The zero-order chi connectivity index (χ0) is 31.2. The van der Waals surface area contributed by atoms with Crippen LogP contribution < -0.4 is 10.4 Å². The molecule has 1 unspecified atom stereocenters. The van der Waals surface area contributed by atoms with E-state index in [4.69, 9.17) is 0 Å². The third-order valence-electron chi connectivity index (χ3n) is 9.62. The Labute approximate surface area is 274 Å². The molecule has 0 bridgehead atoms. The molecule has 3 aromatic rings. The second-order valence-corrected chi connectivity index (χ2v) is 15.6. The fourth-order valence-corrected chi connectivity index (χ4v) is 7.43. The van der Waals surface area contributed by atoms with Gasteiger partial charge >= 0.3 is 99.2 Å². The van der Waals surface area contributed by atoms with Crippen LogP contribution in [0.15, 0.2) is 119 Å². The first-order chi connectivity index (χ1) is 20.2. The first kappa shape index (κ1) is 31.5. The number of allylic oxidation sites excluding steroid dienone is 8. The van der Waals surface area contributed by atoms with Gasteiger partial charge in [-0.05, 0) is 36.5 Å². The number of fused-ring (bicyclic) bond motifs is 2. The zero-order valence-electron chi connectivity index (χ0n) is 27.4. The van der Waals surface area contributed by atoms with Gasteiger partial charge < -0.3 is 0 Å². The molecule has 3 aliphatic carbocycles. The molecular formula is C42H45Zr-. The standard InChI is InChI=1S/C29H35.C13H10.Zr/c1-18-14-22(27(3,4)5)16-21-17-24-23(25(18)21)15-19(2)29(9,28(6,7)8)26(24)20-12-10-11-13-20;1-3-7-12(8-4-1)11-13-9-5-2-6-10-13;/h10-12,14-16H,13H2,1-9H3;1-10H;/q-1;;. The third kappa shape index (κ3) is 5.96. The topological polar surface area (TPSA) is 0 Å². The Balaban J connectivity index is 0.000000220. The zero-order valence-corrected chi connectivity index (χ0v) is 29.9. The fourth-order valence-electron chi connectivity index (χ4n) is 6.61. The normalized spacial score (nSPS) is 19.1. The Morgan fingerprint density at radius 2 is 1.42 bits per heavy atom. The molecule has 0 aromatic heterocycles. The van der Waals surface area contributed by atoms with Crippen LogP contribution in [0.2, 0.25) is 0 Å². The van der Waals surface area contributed by atoms with Crippen LogP contribution in [0, 0.1) is 17.8 Å². The molecule has 218 valence electrons. The van der Waals surface area contributed by atoms with Crippen molar-refractivity contribution in [2.24, 2.45) is 10.8 Å². The summed E-state index contributed by atoms with van der Waals surface area (Å²) in [5.41, 5.74) is 12.8. The van der Waals surface area contributed by atoms with Crippen LogP contribution in [-0.4, -0.2) is 3.21 Å². The molecule has 6 rings (SSSR count). The Morgan fingerprint density at radius 1 is 0.837 bits per heavy atom. The Morgan fingerprint density at radius 3 is 1.91 bits per heavy atom. The molecule has 43 heavy (non-hydrogen) atoms. The molecule has 0 amide bonds. The second-order valence-electron chi connectivity index (χ2n) is 14.4. The van der Waals surface area contributed by atoms with E-state index in [0.717, 1.165) is 6.42 Å². The van der Waals surface area contributed by atoms with Crippen molar-refractivity contribution in [2.45, 2.75) is 74.1 Å². The summed E-state index contributed by atoms with van der Waals surface area (Å²) >= 11 is 1.46. The molecule has 0 nitrogen and oxygen atoms in total. The Kier molecular flexibility index (Phi) is 8.72. The first-order valence-electron chi connectivity index (χ1n) is 15.5. The van der Waals surface area contributed by atoms with Gasteiger partial charge in [-0.15, -0.1) is 33.7 Å². The molecule has 0 radical (unpaired) electrons. The van der Waals surface area contributed by atoms with Crippen LogP contribution in [-0.2, 0) is 29.7 Å². The van der Waals surface area contributed by atoms with Gasteiger partial charge in [0.1, 0.15) is 0 Å². The average Bonchev–Trinajstić information content (AvgIpc) is 3.62. The molecule has 0 aliphatic heterocycles. The van der Waals surface area contributed by atoms with E-state index in [1.54, 1.807) is 0 Å². The summed E-state index contributed by atoms with van der Waals surface area (Å²) in [5.74, 6) is 0. The van der Waals surface area contributed by atoms with Crippen LogP contribution in [0.5, 0.6) is 0 Å². The quantitative estimate of drug-likeness (QED) is 0.251. The predicted molar refractivity (Wildman–Crippen MR) is 182 cm³/mol. The summed E-state index contributed by atoms with van der Waals surface area (Å²) in [4.78, 5) is 0. The van der Waals surface area contributed by atoms with Crippen LogP contribution in [0.3, 0.4) is 0 Å². The van der Waals surface area contributed by atoms with Gasteiger partial charge in [-0.3, -0.25) is 0 Å². The van der Waals surface area contributed by atoms with Crippen molar-refractivity contribution < 1.29 is 24.2 Å². The minimum atomic E-state index is -0.0144. The van der Waals surface area contributed by atoms with Crippen molar-refractivity contribution in [2.75, 3.05) is 0 Å². The van der Waals surface area contributed by atoms with Crippen molar-refractivity contribution in [3.05, 3.63) is 152 Å². The Bertz CT molecular complexity index is 1770. The molecule has 0 fully saturated rings. The molecular weight excluding hydrogens is 596 g/mol. The summed E-state index contributed by atoms with van der Waals surface area (Å²) in [6, 6.07) is 25.9. The van der Waals surface area contributed by atoms with Crippen molar-refractivity contribution in [3.63, 3.8) is 0 Å². The molecule has 0 saturated heterocycles. The van der Waals surface area contributed by atoms with Crippen LogP contribution in [0.1, 0.15) is 84.1 Å². The summed E-state index contributed by atoms with van der Waals surface area (Å²) in [7, 11) is 0. The van der Waals surface area contributed by atoms with Crippen LogP contribution in [0.4, 0.5) is 0 Å². The molecule has 0 spiro atoms. The summed E-state index contributed by atoms with van der Waals surface area (Å²) < 4.78 is 1.42. The molecule has 0 N–H and O–H groups in total. The van der Waals surface area contributed by atoms with E-state index >= 15 is 0 Å². The van der Waals surface area contributed by atoms with E-state index in [2.05, 4.69) is 165 Å². The molecule has 0 heterocycles. The number of rotatable bonds is 3. The Hall–Kier alpha value is -2.89. The monoisotopic (exact) mass is 639 g/mol. The number of hydrogen-bond acceptors (Lipinski definition) is 0. The number of benzene rings is 3. The second kappa shape index (κ2) is 11.9. The van der Waals surface area contributed by atoms with E-state index in [1.165, 1.54) is 88.0 Å². The van der Waals surface area contributed by atoms with E-state index in [-0.39, 0.29) is 16.2 Å². The number of hydrogen-bond donors (Lipinski definition) is 0. The fraction of sp³-hybridized carbons (Fsp3) is 0.310. The van der Waals surface area contributed by atoms with Crippen molar-refractivity contribution in [1.82, 2.24) is 0 Å². The van der Waals surface area contributed by atoms with Gasteiger partial charge in [0.2, 0.25) is 0 Å². The molecule has 3 aliphatic rings. The SMILES string of the molecule is CC1=CC2=c3c(C)cc(C(C)(C)C)cc3=[C-]C2=C(C2=CC=CC2)C1(C)C(C)(C)C.[Zr]=[C](c1ccccc1)c1ccccc1. The van der Waals surface area contributed by atoms with Gasteiger partial charge in [-0.2, -0.15) is 0 Å². The van der Waals surface area contributed by atoms with E-state index in [1.807, 2.05) is 0 Å². The molecule has 0 saturated carbocycles. The number of aryl methyl sites for hydroxylation is 1. The van der Waals surface area contributed by atoms with Gasteiger partial charge in [0.15, 0.2) is 0 Å². The van der Waals surface area contributed by atoms with E-state index in [9.17, 15) is 0 Å².